The number of aromatic nitrogens is 2. The standard InChI is InChI=1S/C24H20F2N2O7/c1-13-19(26)28(24(32)27-20(13)29)21-18(35-23(31)15-10-6-3-7-11-15)17(25)16(34-21)12-33-22(30)14-8-4-2-5-9-14/h2-11,16-18,21H,12H2,1H3,(H,27,29,32)/t16-,17-,18-,21+/m1/s1. The van der Waals surface area contributed by atoms with Crippen LogP contribution < -0.4 is 11.2 Å². The normalized spacial score (nSPS) is 21.5. The zero-order valence-corrected chi connectivity index (χ0v) is 18.4. The largest absolute Gasteiger partial charge is 0.459 e. The molecular formula is C24H20F2N2O7. The Morgan fingerprint density at radius 1 is 1.00 bits per heavy atom. The van der Waals surface area contributed by atoms with Crippen molar-refractivity contribution in [2.75, 3.05) is 6.61 Å². The van der Waals surface area contributed by atoms with Crippen molar-refractivity contribution in [2.24, 2.45) is 0 Å². The second-order valence-corrected chi connectivity index (χ2v) is 7.76. The highest BCUT2D eigenvalue weighted by molar-refractivity contribution is 5.89. The molecule has 0 saturated carbocycles. The van der Waals surface area contributed by atoms with E-state index in [4.69, 9.17) is 14.2 Å². The van der Waals surface area contributed by atoms with Gasteiger partial charge in [-0.05, 0) is 31.2 Å². The average Bonchev–Trinajstić information content (AvgIpc) is 3.16. The third kappa shape index (κ3) is 4.90. The molecule has 1 fully saturated rings. The van der Waals surface area contributed by atoms with Crippen molar-refractivity contribution in [2.45, 2.75) is 31.5 Å². The summed E-state index contributed by atoms with van der Waals surface area (Å²) >= 11 is 0. The number of ether oxygens (including phenoxy) is 3. The van der Waals surface area contributed by atoms with E-state index in [1.807, 2.05) is 4.98 Å². The first-order valence-corrected chi connectivity index (χ1v) is 10.6. The minimum absolute atomic E-state index is 0.0860. The van der Waals surface area contributed by atoms with Crippen molar-refractivity contribution in [3.8, 4) is 0 Å². The van der Waals surface area contributed by atoms with Gasteiger partial charge in [0.05, 0.1) is 16.7 Å². The molecule has 182 valence electrons. The first-order valence-electron chi connectivity index (χ1n) is 10.6. The van der Waals surface area contributed by atoms with Gasteiger partial charge in [-0.25, -0.2) is 23.3 Å². The molecule has 0 amide bonds. The molecule has 0 spiro atoms. The highest BCUT2D eigenvalue weighted by atomic mass is 19.1. The fraction of sp³-hybridized carbons (Fsp3) is 0.250. The van der Waals surface area contributed by atoms with Crippen LogP contribution in [0.15, 0.2) is 70.3 Å². The summed E-state index contributed by atoms with van der Waals surface area (Å²) in [7, 11) is 0. The monoisotopic (exact) mass is 486 g/mol. The number of carbonyl (C=O) groups excluding carboxylic acids is 2. The smallest absolute Gasteiger partial charge is 0.338 e. The SMILES string of the molecule is Cc1c(F)n([C@H]2O[C@H](COC(=O)c3ccccc3)[C@@H](F)[C@H]2OC(=O)c2ccccc2)c(=O)[nH]c1=O. The first-order chi connectivity index (χ1) is 16.8. The highest BCUT2D eigenvalue weighted by Crippen LogP contribution is 2.34. The topological polar surface area (TPSA) is 117 Å². The second-order valence-electron chi connectivity index (χ2n) is 7.76. The lowest BCUT2D eigenvalue weighted by atomic mass is 10.1. The molecule has 0 bridgehead atoms. The van der Waals surface area contributed by atoms with Gasteiger partial charge in [0.15, 0.2) is 18.5 Å². The van der Waals surface area contributed by atoms with Crippen LogP contribution >= 0.6 is 0 Å². The molecule has 0 aliphatic carbocycles. The minimum Gasteiger partial charge on any atom is -0.459 e. The minimum atomic E-state index is -2.10. The molecule has 1 saturated heterocycles. The van der Waals surface area contributed by atoms with E-state index < -0.39 is 65.9 Å². The van der Waals surface area contributed by atoms with Crippen LogP contribution in [-0.4, -0.2) is 46.5 Å². The molecule has 1 aliphatic heterocycles. The average molecular weight is 486 g/mol. The number of halogens is 2. The van der Waals surface area contributed by atoms with Gasteiger partial charge in [0.1, 0.15) is 12.7 Å². The van der Waals surface area contributed by atoms with Crippen LogP contribution in [-0.2, 0) is 14.2 Å². The lowest BCUT2D eigenvalue weighted by Gasteiger charge is -2.22. The molecule has 3 aromatic rings. The number of alkyl halides is 1. The van der Waals surface area contributed by atoms with Crippen LogP contribution in [0.4, 0.5) is 8.78 Å². The molecule has 1 aromatic heterocycles. The predicted octanol–water partition coefficient (Wildman–Crippen LogP) is 2.30. The van der Waals surface area contributed by atoms with E-state index in [-0.39, 0.29) is 11.1 Å². The van der Waals surface area contributed by atoms with E-state index in [1.54, 1.807) is 36.4 Å². The van der Waals surface area contributed by atoms with Gasteiger partial charge in [-0.3, -0.25) is 9.78 Å². The van der Waals surface area contributed by atoms with Crippen molar-refractivity contribution < 1.29 is 32.6 Å². The predicted molar refractivity (Wildman–Crippen MR) is 117 cm³/mol. The number of benzene rings is 2. The molecule has 4 rings (SSSR count). The van der Waals surface area contributed by atoms with Crippen molar-refractivity contribution in [3.63, 3.8) is 0 Å². The Hall–Kier alpha value is -4.12. The molecule has 4 atom stereocenters. The third-order valence-electron chi connectivity index (χ3n) is 5.46. The summed E-state index contributed by atoms with van der Waals surface area (Å²) in [4.78, 5) is 50.9. The molecule has 2 aromatic carbocycles. The summed E-state index contributed by atoms with van der Waals surface area (Å²) in [5.41, 5.74) is -2.34. The molecule has 0 unspecified atom stereocenters. The number of nitrogens with zero attached hydrogens (tertiary/aromatic N) is 1. The number of esters is 2. The summed E-state index contributed by atoms with van der Waals surface area (Å²) in [6, 6.07) is 15.6. The Morgan fingerprint density at radius 2 is 1.57 bits per heavy atom. The summed E-state index contributed by atoms with van der Waals surface area (Å²) in [5.74, 6) is -2.98. The van der Waals surface area contributed by atoms with Gasteiger partial charge in [-0.1, -0.05) is 36.4 Å². The van der Waals surface area contributed by atoms with Crippen LogP contribution in [0.1, 0.15) is 32.5 Å². The summed E-state index contributed by atoms with van der Waals surface area (Å²) in [5, 5.41) is 0. The van der Waals surface area contributed by atoms with Crippen molar-refractivity contribution in [1.82, 2.24) is 9.55 Å². The Labute approximate surface area is 196 Å². The van der Waals surface area contributed by atoms with Gasteiger partial charge in [0, 0.05) is 0 Å². The van der Waals surface area contributed by atoms with Gasteiger partial charge in [0.2, 0.25) is 5.95 Å². The van der Waals surface area contributed by atoms with E-state index in [1.165, 1.54) is 24.3 Å². The van der Waals surface area contributed by atoms with E-state index in [0.29, 0.717) is 4.57 Å². The van der Waals surface area contributed by atoms with Gasteiger partial charge in [0.25, 0.3) is 5.56 Å². The molecular weight excluding hydrogens is 466 g/mol. The van der Waals surface area contributed by atoms with Crippen LogP contribution in [0.2, 0.25) is 0 Å². The van der Waals surface area contributed by atoms with E-state index >= 15 is 4.39 Å². The molecule has 11 heteroatoms. The first kappa shape index (κ1) is 24.0. The molecule has 1 aliphatic rings. The third-order valence-corrected chi connectivity index (χ3v) is 5.46. The lowest BCUT2D eigenvalue weighted by molar-refractivity contribution is -0.0680. The Balaban J connectivity index is 1.63. The van der Waals surface area contributed by atoms with Crippen LogP contribution in [0, 0.1) is 12.9 Å². The maximum absolute atomic E-state index is 15.5. The Morgan fingerprint density at radius 3 is 2.17 bits per heavy atom. The molecule has 9 nitrogen and oxygen atoms in total. The number of rotatable bonds is 6. The van der Waals surface area contributed by atoms with Crippen LogP contribution in [0.3, 0.4) is 0 Å². The van der Waals surface area contributed by atoms with Crippen molar-refractivity contribution >= 4 is 11.9 Å². The quantitative estimate of drug-likeness (QED) is 0.420. The Kier molecular flexibility index (Phi) is 6.87. The number of aromatic amines is 1. The molecule has 0 radical (unpaired) electrons. The zero-order chi connectivity index (χ0) is 25.1. The summed E-state index contributed by atoms with van der Waals surface area (Å²) in [6.07, 6.45) is -7.17. The van der Waals surface area contributed by atoms with Gasteiger partial charge >= 0.3 is 17.6 Å². The number of hydrogen-bond donors (Lipinski definition) is 1. The number of H-pyrrole nitrogens is 1. The number of hydrogen-bond acceptors (Lipinski definition) is 7. The fourth-order valence-electron chi connectivity index (χ4n) is 3.59. The number of nitrogens with one attached hydrogen (secondary N) is 1. The number of carbonyl (C=O) groups is 2. The van der Waals surface area contributed by atoms with Crippen LogP contribution in [0.5, 0.6) is 0 Å². The Bertz CT molecular complexity index is 1340. The second kappa shape index (κ2) is 10.0. The van der Waals surface area contributed by atoms with Gasteiger partial charge < -0.3 is 14.2 Å². The van der Waals surface area contributed by atoms with Crippen molar-refractivity contribution in [3.05, 3.63) is 104 Å². The van der Waals surface area contributed by atoms with Gasteiger partial charge in [-0.15, -0.1) is 0 Å². The van der Waals surface area contributed by atoms with Crippen molar-refractivity contribution in [1.29, 1.82) is 0 Å². The van der Waals surface area contributed by atoms with E-state index in [9.17, 15) is 23.6 Å². The maximum Gasteiger partial charge on any atom is 0.338 e. The zero-order valence-electron chi connectivity index (χ0n) is 18.4. The van der Waals surface area contributed by atoms with Crippen LogP contribution in [0.25, 0.3) is 0 Å². The maximum atomic E-state index is 15.5. The summed E-state index contributed by atoms with van der Waals surface area (Å²) < 4.78 is 46.7. The van der Waals surface area contributed by atoms with Gasteiger partial charge in [-0.2, -0.15) is 4.39 Å². The lowest BCUT2D eigenvalue weighted by Crippen LogP contribution is -2.42. The molecule has 2 heterocycles. The highest BCUT2D eigenvalue weighted by Gasteiger charge is 2.50. The molecule has 35 heavy (non-hydrogen) atoms. The van der Waals surface area contributed by atoms with E-state index in [2.05, 4.69) is 0 Å². The summed E-state index contributed by atoms with van der Waals surface area (Å²) in [6.45, 7) is 0.513. The van der Waals surface area contributed by atoms with E-state index in [0.717, 1.165) is 6.92 Å². The molecule has 1 N–H and O–H groups in total. The fourth-order valence-corrected chi connectivity index (χ4v) is 3.59.